The summed E-state index contributed by atoms with van der Waals surface area (Å²) in [6.45, 7) is 5.59. The maximum Gasteiger partial charge on any atom is 0.411 e. The molecule has 0 N–H and O–H groups in total. The first-order valence-electron chi connectivity index (χ1n) is 7.64. The lowest BCUT2D eigenvalue weighted by atomic mass is 10.2. The molecule has 130 valence electrons. The largest absolute Gasteiger partial charge is 0.444 e. The van der Waals surface area contributed by atoms with Crippen LogP contribution in [-0.4, -0.2) is 40.1 Å². The Hall–Kier alpha value is -2.64. The van der Waals surface area contributed by atoms with E-state index in [0.717, 1.165) is 0 Å². The van der Waals surface area contributed by atoms with Crippen molar-refractivity contribution in [3.63, 3.8) is 0 Å². The van der Waals surface area contributed by atoms with Gasteiger partial charge in [0.25, 0.3) is 0 Å². The van der Waals surface area contributed by atoms with Gasteiger partial charge in [-0.3, -0.25) is 15.0 Å². The maximum absolute atomic E-state index is 12.4. The molecule has 1 aromatic rings. The van der Waals surface area contributed by atoms with E-state index < -0.39 is 28.6 Å². The molecule has 0 unspecified atom stereocenters. The van der Waals surface area contributed by atoms with Gasteiger partial charge in [0, 0.05) is 12.6 Å². The number of hydrogen-bond acceptors (Lipinski definition) is 6. The molecule has 0 saturated carbocycles. The summed E-state index contributed by atoms with van der Waals surface area (Å²) in [5.41, 5.74) is -0.973. The zero-order valence-electron chi connectivity index (χ0n) is 13.9. The van der Waals surface area contributed by atoms with Gasteiger partial charge in [-0.25, -0.2) is 9.59 Å². The third-order valence-electron chi connectivity index (χ3n) is 3.43. The van der Waals surface area contributed by atoms with Gasteiger partial charge in [0.1, 0.15) is 11.6 Å². The molecule has 0 aliphatic carbocycles. The van der Waals surface area contributed by atoms with E-state index in [1.165, 1.54) is 29.2 Å². The Bertz CT molecular complexity index is 652. The molecule has 0 aromatic heterocycles. The summed E-state index contributed by atoms with van der Waals surface area (Å²) in [6.07, 6.45) is 0.471. The molecule has 1 aromatic carbocycles. The molecule has 2 rings (SSSR count). The van der Waals surface area contributed by atoms with Gasteiger partial charge in [0.15, 0.2) is 0 Å². The second-order valence-electron chi connectivity index (χ2n) is 6.48. The van der Waals surface area contributed by atoms with Crippen molar-refractivity contribution < 1.29 is 24.0 Å². The summed E-state index contributed by atoms with van der Waals surface area (Å²) >= 11 is 0. The zero-order valence-corrected chi connectivity index (χ0v) is 13.9. The highest BCUT2D eigenvalue weighted by atomic mass is 16.6. The number of para-hydroxylation sites is 2. The number of ether oxygens (including phenoxy) is 2. The highest BCUT2D eigenvalue weighted by Gasteiger charge is 2.38. The molecule has 1 fully saturated rings. The molecule has 0 spiro atoms. The van der Waals surface area contributed by atoms with Crippen LogP contribution >= 0.6 is 0 Å². The van der Waals surface area contributed by atoms with E-state index in [4.69, 9.17) is 9.47 Å². The molecule has 8 nitrogen and oxygen atoms in total. The van der Waals surface area contributed by atoms with E-state index in [-0.39, 0.29) is 11.4 Å². The molecular weight excluding hydrogens is 316 g/mol. The van der Waals surface area contributed by atoms with Crippen LogP contribution in [0.25, 0.3) is 0 Å². The summed E-state index contributed by atoms with van der Waals surface area (Å²) in [7, 11) is 0. The average Bonchev–Trinajstić information content (AvgIpc) is 2.95. The van der Waals surface area contributed by atoms with Crippen molar-refractivity contribution in [3.05, 3.63) is 34.4 Å². The number of hydrogen-bond donors (Lipinski definition) is 0. The van der Waals surface area contributed by atoms with Crippen LogP contribution in [0.1, 0.15) is 33.6 Å². The number of carbonyl (C=O) groups is 2. The van der Waals surface area contributed by atoms with Crippen molar-refractivity contribution in [2.24, 2.45) is 0 Å². The smallest absolute Gasteiger partial charge is 0.411 e. The lowest BCUT2D eigenvalue weighted by Gasteiger charge is -2.27. The van der Waals surface area contributed by atoms with Crippen LogP contribution < -0.4 is 4.74 Å². The average molecular weight is 336 g/mol. The number of likely N-dealkylation sites (tertiary alicyclic amines) is 1. The second-order valence-corrected chi connectivity index (χ2v) is 6.48. The summed E-state index contributed by atoms with van der Waals surface area (Å²) in [4.78, 5) is 36.2. The minimum Gasteiger partial charge on any atom is -0.444 e. The predicted molar refractivity (Wildman–Crippen MR) is 84.7 cm³/mol. The van der Waals surface area contributed by atoms with Crippen molar-refractivity contribution >= 4 is 17.7 Å². The van der Waals surface area contributed by atoms with Crippen LogP contribution in [0.5, 0.6) is 5.75 Å². The van der Waals surface area contributed by atoms with E-state index in [1.807, 2.05) is 0 Å². The summed E-state index contributed by atoms with van der Waals surface area (Å²) in [5, 5.41) is 11.0. The number of esters is 1. The minimum absolute atomic E-state index is 0.136. The van der Waals surface area contributed by atoms with E-state index in [2.05, 4.69) is 0 Å². The highest BCUT2D eigenvalue weighted by Crippen LogP contribution is 2.28. The van der Waals surface area contributed by atoms with Crippen molar-refractivity contribution in [2.75, 3.05) is 6.54 Å². The zero-order chi connectivity index (χ0) is 17.9. The van der Waals surface area contributed by atoms with Crippen LogP contribution in [0.15, 0.2) is 24.3 Å². The van der Waals surface area contributed by atoms with Crippen molar-refractivity contribution in [1.82, 2.24) is 4.90 Å². The van der Waals surface area contributed by atoms with Crippen LogP contribution in [-0.2, 0) is 9.53 Å². The molecular formula is C16H20N2O6. The molecule has 24 heavy (non-hydrogen) atoms. The molecule has 1 saturated heterocycles. The quantitative estimate of drug-likeness (QED) is 0.364. The van der Waals surface area contributed by atoms with E-state index in [9.17, 15) is 19.7 Å². The summed E-state index contributed by atoms with van der Waals surface area (Å²) < 4.78 is 10.5. The van der Waals surface area contributed by atoms with Gasteiger partial charge in [-0.05, 0) is 39.7 Å². The number of nitro benzene ring substituents is 1. The third kappa shape index (κ3) is 4.21. The van der Waals surface area contributed by atoms with Crippen molar-refractivity contribution in [3.8, 4) is 5.75 Å². The van der Waals surface area contributed by atoms with Crippen molar-refractivity contribution in [1.29, 1.82) is 0 Å². The summed E-state index contributed by atoms with van der Waals surface area (Å²) in [6, 6.07) is 4.82. The lowest BCUT2D eigenvalue weighted by Crippen LogP contribution is -2.44. The van der Waals surface area contributed by atoms with E-state index >= 15 is 0 Å². The molecule has 8 heteroatoms. The Balaban J connectivity index is 2.12. The fourth-order valence-corrected chi connectivity index (χ4v) is 2.42. The Morgan fingerprint density at radius 1 is 1.29 bits per heavy atom. The number of amides is 1. The monoisotopic (exact) mass is 336 g/mol. The molecule has 1 atom stereocenters. The van der Waals surface area contributed by atoms with Crippen LogP contribution in [0, 0.1) is 10.1 Å². The Morgan fingerprint density at radius 3 is 2.58 bits per heavy atom. The number of carbonyl (C=O) groups excluding carboxylic acids is 2. The van der Waals surface area contributed by atoms with Gasteiger partial charge in [-0.2, -0.15) is 0 Å². The first kappa shape index (κ1) is 17.7. The fourth-order valence-electron chi connectivity index (χ4n) is 2.42. The first-order chi connectivity index (χ1) is 11.2. The molecule has 1 heterocycles. The first-order valence-corrected chi connectivity index (χ1v) is 7.64. The van der Waals surface area contributed by atoms with Crippen LogP contribution in [0.3, 0.4) is 0 Å². The maximum atomic E-state index is 12.4. The molecule has 1 aliphatic heterocycles. The van der Waals surface area contributed by atoms with E-state index in [1.54, 1.807) is 20.8 Å². The normalized spacial score (nSPS) is 17.5. The topological polar surface area (TPSA) is 99.0 Å². The number of benzene rings is 1. The molecule has 1 amide bonds. The van der Waals surface area contributed by atoms with Crippen LogP contribution in [0.2, 0.25) is 0 Å². The standard InChI is InChI=1S/C16H20N2O6/c1-16(2,3)24-15(20)17-10-6-8-12(17)14(19)23-13-9-5-4-7-11(13)18(21)22/h4-5,7,9,12H,6,8,10H2,1-3H3/t12-/m1/s1. The Labute approximate surface area is 139 Å². The van der Waals surface area contributed by atoms with Gasteiger partial charge < -0.3 is 9.47 Å². The van der Waals surface area contributed by atoms with Crippen LogP contribution in [0.4, 0.5) is 10.5 Å². The van der Waals surface area contributed by atoms with Gasteiger partial charge in [-0.15, -0.1) is 0 Å². The van der Waals surface area contributed by atoms with Gasteiger partial charge in [-0.1, -0.05) is 12.1 Å². The number of rotatable bonds is 3. The molecule has 1 aliphatic rings. The second kappa shape index (κ2) is 6.86. The van der Waals surface area contributed by atoms with E-state index in [0.29, 0.717) is 19.4 Å². The number of nitro groups is 1. The Kier molecular flexibility index (Phi) is 5.06. The third-order valence-corrected chi connectivity index (χ3v) is 3.43. The fraction of sp³-hybridized carbons (Fsp3) is 0.500. The van der Waals surface area contributed by atoms with Gasteiger partial charge in [0.2, 0.25) is 5.75 Å². The Morgan fingerprint density at radius 2 is 1.96 bits per heavy atom. The SMILES string of the molecule is CC(C)(C)OC(=O)N1CCC[C@@H]1C(=O)Oc1ccccc1[N+](=O)[O-]. The molecule has 0 bridgehead atoms. The highest BCUT2D eigenvalue weighted by molar-refractivity contribution is 5.84. The minimum atomic E-state index is -0.806. The van der Waals surface area contributed by atoms with Crippen molar-refractivity contribution in [2.45, 2.75) is 45.3 Å². The lowest BCUT2D eigenvalue weighted by molar-refractivity contribution is -0.385. The van der Waals surface area contributed by atoms with Gasteiger partial charge in [0.05, 0.1) is 4.92 Å². The number of nitrogens with zero attached hydrogens (tertiary/aromatic N) is 2. The molecule has 0 radical (unpaired) electrons. The van der Waals surface area contributed by atoms with Gasteiger partial charge >= 0.3 is 17.7 Å². The summed E-state index contributed by atoms with van der Waals surface area (Å²) in [5.74, 6) is -0.837. The predicted octanol–water partition coefficient (Wildman–Crippen LogP) is 2.90.